The zero-order valence-electron chi connectivity index (χ0n) is 39.9. The molecule has 0 radical (unpaired) electrons. The SMILES string of the molecule is C=CC(=O)N(C=O)CCCCCC(=O)N[C@@H](CC(C)C)C(=O)N[C@H](C(=O)Nc1ccc(C(=O)Nc2ccc3[nH]c(C(=O)N4C[C@@H](CCl)c5c4cc(OP(=O)(O)O)c4ccccc54)cc3c2)cc1)C(C)CC. The van der Waals surface area contributed by atoms with Gasteiger partial charge in [-0.2, -0.15) is 0 Å². The third-order valence-electron chi connectivity index (χ3n) is 12.3. The molecule has 0 saturated carbocycles. The summed E-state index contributed by atoms with van der Waals surface area (Å²) in [7, 11) is -4.94. The molecule has 0 bridgehead atoms. The number of amides is 7. The predicted molar refractivity (Wildman–Crippen MR) is 272 cm³/mol. The van der Waals surface area contributed by atoms with E-state index in [9.17, 15) is 47.9 Å². The topological polar surface area (TPSA) is 257 Å². The number of aromatic nitrogens is 1. The Morgan fingerprint density at radius 1 is 0.915 bits per heavy atom. The number of carbonyl (C=O) groups excluding carboxylic acids is 7. The minimum atomic E-state index is -4.94. The number of benzene rings is 4. The second kappa shape index (κ2) is 23.8. The first kappa shape index (κ1) is 53.5. The number of anilines is 3. The number of nitrogens with one attached hydrogen (secondary N) is 5. The van der Waals surface area contributed by atoms with Crippen LogP contribution in [-0.2, 0) is 28.5 Å². The molecular formula is C51H59ClN7O11P. The minimum Gasteiger partial charge on any atom is -0.404 e. The van der Waals surface area contributed by atoms with Crippen molar-refractivity contribution >= 4 is 100 Å². The molecule has 4 atom stereocenters. The molecule has 0 spiro atoms. The molecule has 2 heterocycles. The Bertz CT molecular complexity index is 2860. The van der Waals surface area contributed by atoms with Crippen molar-refractivity contribution < 1.29 is 52.4 Å². The van der Waals surface area contributed by atoms with Crippen LogP contribution in [-0.4, -0.2) is 92.6 Å². The molecule has 71 heavy (non-hydrogen) atoms. The van der Waals surface area contributed by atoms with Crippen molar-refractivity contribution in [1.29, 1.82) is 0 Å². The lowest BCUT2D eigenvalue weighted by atomic mass is 9.95. The monoisotopic (exact) mass is 1010 g/mol. The molecule has 0 aliphatic carbocycles. The van der Waals surface area contributed by atoms with E-state index < -0.39 is 49.4 Å². The van der Waals surface area contributed by atoms with Crippen LogP contribution in [0, 0.1) is 11.8 Å². The van der Waals surface area contributed by atoms with E-state index in [4.69, 9.17) is 16.1 Å². The highest BCUT2D eigenvalue weighted by Gasteiger charge is 2.37. The summed E-state index contributed by atoms with van der Waals surface area (Å²) in [6.07, 6.45) is 4.08. The molecule has 1 aliphatic heterocycles. The van der Waals surface area contributed by atoms with Gasteiger partial charge in [0.1, 0.15) is 23.5 Å². The molecule has 1 unspecified atom stereocenters. The second-order valence-electron chi connectivity index (χ2n) is 18.0. The van der Waals surface area contributed by atoms with Crippen LogP contribution in [0.1, 0.15) is 98.5 Å². The molecule has 7 amide bonds. The molecule has 18 nitrogen and oxygen atoms in total. The average molecular weight is 1010 g/mol. The van der Waals surface area contributed by atoms with Crippen LogP contribution < -0.4 is 30.7 Å². The van der Waals surface area contributed by atoms with Crippen molar-refractivity contribution in [2.45, 2.75) is 84.2 Å². The van der Waals surface area contributed by atoms with Crippen LogP contribution in [0.4, 0.5) is 17.1 Å². The number of H-pyrrole nitrogens is 1. The van der Waals surface area contributed by atoms with Gasteiger partial charge in [-0.15, -0.1) is 11.6 Å². The number of unbranched alkanes of at least 4 members (excludes halogenated alkanes) is 2. The molecule has 7 N–H and O–H groups in total. The van der Waals surface area contributed by atoms with Gasteiger partial charge in [0, 0.05) is 70.6 Å². The summed E-state index contributed by atoms with van der Waals surface area (Å²) in [5.74, 6) is -3.05. The number of phosphoric acid groups is 1. The van der Waals surface area contributed by atoms with Crippen LogP contribution in [0.5, 0.6) is 5.75 Å². The molecule has 6 rings (SSSR count). The number of carbonyl (C=O) groups is 7. The molecule has 4 aromatic carbocycles. The third-order valence-corrected chi connectivity index (χ3v) is 13.1. The van der Waals surface area contributed by atoms with Gasteiger partial charge in [-0.25, -0.2) is 4.57 Å². The number of alkyl halides is 1. The Labute approximate surface area is 416 Å². The molecule has 0 saturated heterocycles. The minimum absolute atomic E-state index is 0.0426. The van der Waals surface area contributed by atoms with Crippen LogP contribution >= 0.6 is 19.4 Å². The standard InChI is InChI=1S/C51H59ClN7O11P/c1-6-31(5)47(57-49(64)40(23-30(3)4)56-44(61)15-9-8-12-22-58(29-60)45(62)7-2)50(65)53-35-18-16-32(17-19-35)48(63)54-36-20-21-39-33(24-36)25-41(55-39)51(66)59-28-34(27-52)46-38-14-11-10-13-37(38)43(26-42(46)59)70-71(67,68)69/h7,10-11,13-14,16-21,24-26,29-31,34,40,47,55H,2,6,8-9,12,15,22-23,27-28H2,1,3-5H3,(H,53,65)(H,54,63)(H,56,61)(H,57,64)(H2,67,68,69)/t31?,34-,40+,47+/m1/s1. The Hall–Kier alpha value is -6.85. The van der Waals surface area contributed by atoms with Gasteiger partial charge < -0.3 is 35.7 Å². The first-order valence-corrected chi connectivity index (χ1v) is 25.4. The highest BCUT2D eigenvalue weighted by atomic mass is 35.5. The first-order valence-electron chi connectivity index (χ1n) is 23.4. The lowest BCUT2D eigenvalue weighted by Gasteiger charge is -2.27. The smallest absolute Gasteiger partial charge is 0.404 e. The zero-order chi connectivity index (χ0) is 51.6. The normalized spacial score (nSPS) is 14.5. The maximum Gasteiger partial charge on any atom is 0.524 e. The summed E-state index contributed by atoms with van der Waals surface area (Å²) < 4.78 is 17.0. The molecule has 20 heteroatoms. The quantitative estimate of drug-likeness (QED) is 0.0109. The first-order chi connectivity index (χ1) is 33.8. The fourth-order valence-electron chi connectivity index (χ4n) is 8.54. The lowest BCUT2D eigenvalue weighted by Crippen LogP contribution is -2.54. The van der Waals surface area contributed by atoms with Gasteiger partial charge in [0.2, 0.25) is 24.1 Å². The van der Waals surface area contributed by atoms with Crippen molar-refractivity contribution in [1.82, 2.24) is 20.5 Å². The number of rotatable bonds is 23. The largest absolute Gasteiger partial charge is 0.524 e. The van der Waals surface area contributed by atoms with E-state index in [1.54, 1.807) is 72.8 Å². The summed E-state index contributed by atoms with van der Waals surface area (Å²) in [5, 5.41) is 13.1. The molecule has 376 valence electrons. The van der Waals surface area contributed by atoms with Gasteiger partial charge in [0.05, 0.1) is 5.69 Å². The van der Waals surface area contributed by atoms with E-state index in [-0.39, 0.29) is 66.1 Å². The van der Waals surface area contributed by atoms with Crippen molar-refractivity contribution in [2.24, 2.45) is 11.8 Å². The fraction of sp³-hybridized carbons (Fsp3) is 0.353. The van der Waals surface area contributed by atoms with Gasteiger partial charge in [-0.1, -0.05) is 71.4 Å². The Morgan fingerprint density at radius 3 is 2.27 bits per heavy atom. The summed E-state index contributed by atoms with van der Waals surface area (Å²) in [4.78, 5) is 116. The number of nitrogens with zero attached hydrogens (tertiary/aromatic N) is 2. The second-order valence-corrected chi connectivity index (χ2v) is 19.5. The van der Waals surface area contributed by atoms with Gasteiger partial charge >= 0.3 is 7.82 Å². The van der Waals surface area contributed by atoms with E-state index in [0.717, 1.165) is 16.5 Å². The predicted octanol–water partition coefficient (Wildman–Crippen LogP) is 7.76. The highest BCUT2D eigenvalue weighted by molar-refractivity contribution is 7.46. The van der Waals surface area contributed by atoms with Crippen molar-refractivity contribution in [2.75, 3.05) is 34.5 Å². The number of phosphoric ester groups is 1. The van der Waals surface area contributed by atoms with Crippen LogP contribution in [0.2, 0.25) is 0 Å². The van der Waals surface area contributed by atoms with Crippen LogP contribution in [0.25, 0.3) is 21.7 Å². The number of imide groups is 1. The number of fused-ring (bicyclic) bond motifs is 4. The van der Waals surface area contributed by atoms with Gasteiger partial charge in [-0.05, 0) is 96.7 Å². The van der Waals surface area contributed by atoms with Crippen LogP contribution in [0.3, 0.4) is 0 Å². The van der Waals surface area contributed by atoms with E-state index in [2.05, 4.69) is 32.8 Å². The summed E-state index contributed by atoms with van der Waals surface area (Å²) in [6, 6.07) is 19.6. The van der Waals surface area contributed by atoms with Crippen molar-refractivity contribution in [3.05, 3.63) is 108 Å². The zero-order valence-corrected chi connectivity index (χ0v) is 41.6. The van der Waals surface area contributed by atoms with Crippen molar-refractivity contribution in [3.63, 3.8) is 0 Å². The van der Waals surface area contributed by atoms with Gasteiger partial charge in [-0.3, -0.25) is 48.2 Å². The van der Waals surface area contributed by atoms with Crippen LogP contribution in [0.15, 0.2) is 91.5 Å². The molecule has 0 fully saturated rings. The molecule has 1 aliphatic rings. The fourth-order valence-corrected chi connectivity index (χ4v) is 9.19. The Kier molecular flexibility index (Phi) is 18.0. The average Bonchev–Trinajstić information content (AvgIpc) is 3.94. The molecule has 5 aromatic rings. The summed E-state index contributed by atoms with van der Waals surface area (Å²) >= 11 is 6.41. The maximum absolute atomic E-state index is 14.1. The number of aromatic amines is 1. The maximum atomic E-state index is 14.1. The number of hydrogen-bond acceptors (Lipinski definition) is 9. The van der Waals surface area contributed by atoms with Gasteiger partial charge in [0.15, 0.2) is 0 Å². The Balaban J connectivity index is 1.07. The van der Waals surface area contributed by atoms with Crippen molar-refractivity contribution in [3.8, 4) is 5.75 Å². The van der Waals surface area contributed by atoms with E-state index in [1.807, 2.05) is 27.7 Å². The third kappa shape index (κ3) is 13.5. The molecule has 1 aromatic heterocycles. The highest BCUT2D eigenvalue weighted by Crippen LogP contribution is 2.49. The lowest BCUT2D eigenvalue weighted by molar-refractivity contribution is -0.134. The van der Waals surface area contributed by atoms with E-state index in [0.29, 0.717) is 77.3 Å². The van der Waals surface area contributed by atoms with E-state index >= 15 is 0 Å². The number of hydrogen-bond donors (Lipinski definition) is 7. The number of halogens is 1. The summed E-state index contributed by atoms with van der Waals surface area (Å²) in [6.45, 7) is 11.4. The summed E-state index contributed by atoms with van der Waals surface area (Å²) in [5.41, 5.74) is 3.14. The molecular weight excluding hydrogens is 953 g/mol. The van der Waals surface area contributed by atoms with E-state index in [1.165, 1.54) is 11.0 Å². The Morgan fingerprint density at radius 2 is 1.62 bits per heavy atom. The van der Waals surface area contributed by atoms with Gasteiger partial charge in [0.25, 0.3) is 17.7 Å².